The van der Waals surface area contributed by atoms with E-state index in [4.69, 9.17) is 9.47 Å². The number of hydrogen-bond acceptors (Lipinski definition) is 9. The summed E-state index contributed by atoms with van der Waals surface area (Å²) in [6, 6.07) is 10.7. The molecule has 7 rings (SSSR count). The smallest absolute Gasteiger partial charge is 0.331 e. The van der Waals surface area contributed by atoms with Crippen molar-refractivity contribution >= 4 is 30.1 Å². The largest absolute Gasteiger partial charge is 0.508 e. The van der Waals surface area contributed by atoms with Gasteiger partial charge < -0.3 is 35.0 Å². The van der Waals surface area contributed by atoms with Gasteiger partial charge in [-0.05, 0) is 165 Å². The van der Waals surface area contributed by atoms with E-state index < -0.39 is 40.9 Å². The van der Waals surface area contributed by atoms with Crippen molar-refractivity contribution in [2.24, 2.45) is 56.7 Å². The second kappa shape index (κ2) is 15.5. The number of fused-ring (bicyclic) bond motifs is 7. The molecule has 10 nitrogen and oxygen atoms in total. The van der Waals surface area contributed by atoms with E-state index in [1.807, 2.05) is 6.92 Å². The SMILES string of the molecule is C=C(C)[C@@H]1CC[C@]2(C(=O)O)CC[C@]3(CCO)[C@H](CC[C@@H]4[C@@]5(C)C[C@@H](OC(=O)/C=C/c6ccc(O)c(O)c6)[C@H](OC(=O)/C=C/c6ccc(O)cc6)C(C)(C)[C@@H]5CC[C@]43C)[C@@H]12. The van der Waals surface area contributed by atoms with Crippen LogP contribution in [0.15, 0.2) is 66.8 Å². The fraction of sp³-hybridized carbons (Fsp3) is 0.571. The average molecular weight is 811 g/mol. The number of aliphatic carboxylic acids is 1. The van der Waals surface area contributed by atoms with Gasteiger partial charge in [0.25, 0.3) is 0 Å². The second-order valence-corrected chi connectivity index (χ2v) is 19.7. The molecule has 5 aliphatic rings. The van der Waals surface area contributed by atoms with Gasteiger partial charge in [-0.15, -0.1) is 0 Å². The van der Waals surface area contributed by atoms with Crippen molar-refractivity contribution in [2.75, 3.05) is 6.61 Å². The Morgan fingerprint density at radius 3 is 2.10 bits per heavy atom. The molecule has 0 heterocycles. The van der Waals surface area contributed by atoms with Crippen LogP contribution in [-0.2, 0) is 23.9 Å². The first kappa shape index (κ1) is 42.6. The first-order valence-corrected chi connectivity index (χ1v) is 21.4. The monoisotopic (exact) mass is 810 g/mol. The summed E-state index contributed by atoms with van der Waals surface area (Å²) in [6.07, 6.45) is 11.4. The summed E-state index contributed by atoms with van der Waals surface area (Å²) in [6.45, 7) is 15.4. The Hall–Kier alpha value is -4.57. The van der Waals surface area contributed by atoms with Gasteiger partial charge in [0, 0.05) is 24.2 Å². The number of phenolic OH excluding ortho intramolecular Hbond substituents is 3. The number of carboxylic acid groups (broad SMARTS) is 1. The zero-order valence-electron chi connectivity index (χ0n) is 35.2. The molecule has 0 aliphatic heterocycles. The van der Waals surface area contributed by atoms with Crippen LogP contribution in [0.5, 0.6) is 17.2 Å². The Morgan fingerprint density at radius 1 is 0.797 bits per heavy atom. The molecule has 5 N–H and O–H groups in total. The van der Waals surface area contributed by atoms with Gasteiger partial charge in [-0.3, -0.25) is 4.79 Å². The molecule has 5 fully saturated rings. The van der Waals surface area contributed by atoms with E-state index in [2.05, 4.69) is 34.3 Å². The highest BCUT2D eigenvalue weighted by Crippen LogP contribution is 2.78. The van der Waals surface area contributed by atoms with Gasteiger partial charge in [0.1, 0.15) is 18.0 Å². The lowest BCUT2D eigenvalue weighted by Gasteiger charge is -2.73. The average Bonchev–Trinajstić information content (AvgIpc) is 3.59. The molecule has 0 bridgehead atoms. The van der Waals surface area contributed by atoms with Crippen LogP contribution in [0.25, 0.3) is 12.2 Å². The zero-order valence-corrected chi connectivity index (χ0v) is 35.2. The number of ether oxygens (including phenoxy) is 2. The Morgan fingerprint density at radius 2 is 1.46 bits per heavy atom. The van der Waals surface area contributed by atoms with E-state index in [1.165, 1.54) is 42.5 Å². The van der Waals surface area contributed by atoms with Crippen LogP contribution < -0.4 is 0 Å². The van der Waals surface area contributed by atoms with Gasteiger partial charge in [-0.25, -0.2) is 9.59 Å². The van der Waals surface area contributed by atoms with Crippen molar-refractivity contribution in [3.05, 3.63) is 77.9 Å². The Bertz CT molecular complexity index is 2030. The van der Waals surface area contributed by atoms with Gasteiger partial charge in [0.15, 0.2) is 11.5 Å². The van der Waals surface area contributed by atoms with Crippen molar-refractivity contribution in [3.63, 3.8) is 0 Å². The summed E-state index contributed by atoms with van der Waals surface area (Å²) in [5.41, 5.74) is -0.111. The van der Waals surface area contributed by atoms with Gasteiger partial charge in [-0.2, -0.15) is 0 Å². The third-order valence-electron chi connectivity index (χ3n) is 16.8. The minimum atomic E-state index is -0.815. The molecule has 0 radical (unpaired) electrons. The van der Waals surface area contributed by atoms with Crippen LogP contribution in [-0.4, -0.2) is 62.3 Å². The number of aliphatic hydroxyl groups is 1. The number of esters is 2. The fourth-order valence-corrected chi connectivity index (χ4v) is 14.4. The minimum Gasteiger partial charge on any atom is -0.508 e. The number of carbonyl (C=O) groups is 3. The molecule has 5 aliphatic carbocycles. The number of carbonyl (C=O) groups excluding carboxylic acids is 2. The van der Waals surface area contributed by atoms with Crippen LogP contribution in [0.4, 0.5) is 0 Å². The molecular formula is C49H62O10. The van der Waals surface area contributed by atoms with Crippen LogP contribution in [0, 0.1) is 56.7 Å². The molecular weight excluding hydrogens is 749 g/mol. The predicted octanol–water partition coefficient (Wildman–Crippen LogP) is 9.07. The normalized spacial score (nSPS) is 37.2. The van der Waals surface area contributed by atoms with Crippen LogP contribution in [0.2, 0.25) is 0 Å². The number of carboxylic acids is 1. The highest BCUT2D eigenvalue weighted by atomic mass is 16.6. The third-order valence-corrected chi connectivity index (χ3v) is 16.8. The molecule has 2 aromatic rings. The maximum Gasteiger partial charge on any atom is 0.331 e. The molecule has 0 unspecified atom stereocenters. The quantitative estimate of drug-likeness (QED) is 0.0675. The van der Waals surface area contributed by atoms with Crippen molar-refractivity contribution in [1.29, 1.82) is 0 Å². The summed E-state index contributed by atoms with van der Waals surface area (Å²) in [7, 11) is 0. The summed E-state index contributed by atoms with van der Waals surface area (Å²) in [4.78, 5) is 40.6. The van der Waals surface area contributed by atoms with Gasteiger partial charge in [0.05, 0.1) is 5.41 Å². The van der Waals surface area contributed by atoms with Gasteiger partial charge >= 0.3 is 17.9 Å². The summed E-state index contributed by atoms with van der Waals surface area (Å²) < 4.78 is 12.7. The molecule has 11 atom stereocenters. The lowest BCUT2D eigenvalue weighted by molar-refractivity contribution is -0.273. The number of aliphatic hydroxyl groups excluding tert-OH is 1. The number of hydrogen-bond donors (Lipinski definition) is 5. The van der Waals surface area contributed by atoms with Crippen LogP contribution in [0.3, 0.4) is 0 Å². The molecule has 318 valence electrons. The molecule has 0 amide bonds. The van der Waals surface area contributed by atoms with Crippen LogP contribution in [0.1, 0.15) is 110 Å². The molecule has 0 aromatic heterocycles. The molecule has 0 spiro atoms. The number of benzene rings is 2. The first-order chi connectivity index (χ1) is 27.8. The lowest BCUT2D eigenvalue weighted by atomic mass is 9.31. The Kier molecular flexibility index (Phi) is 11.2. The maximum atomic E-state index is 13.7. The van der Waals surface area contributed by atoms with Crippen molar-refractivity contribution in [2.45, 2.75) is 111 Å². The number of allylic oxidation sites excluding steroid dienone is 1. The molecule has 59 heavy (non-hydrogen) atoms. The molecule has 2 aromatic carbocycles. The highest BCUT2D eigenvalue weighted by molar-refractivity contribution is 5.88. The van der Waals surface area contributed by atoms with Gasteiger partial charge in [0.2, 0.25) is 0 Å². The first-order valence-electron chi connectivity index (χ1n) is 21.4. The second-order valence-electron chi connectivity index (χ2n) is 19.7. The number of aromatic hydroxyl groups is 3. The zero-order chi connectivity index (χ0) is 42.7. The van der Waals surface area contributed by atoms with Crippen LogP contribution >= 0.6 is 0 Å². The standard InChI is InChI=1S/C49H62O10/c1-29(2)33-19-22-48(44(56)57)23-24-49(25-26-50)34(42(33)48)14-16-39-46(5)28-37(58-40(54)18-11-31-9-15-35(52)36(53)27-31)43(45(3,4)38(46)20-21-47(39,49)6)59-41(55)17-10-30-7-12-32(51)13-8-30/h7-13,15,17-18,27,33-34,37-39,42-43,50-53H,1,14,16,19-26,28H2,2-6H3,(H,56,57)/b17-10+,18-11+/t33-,34+,37+,38-,39+,42+,43-,46-,47+,48-,49-/m0/s1. The molecule has 0 saturated heterocycles. The van der Waals surface area contributed by atoms with Crippen molar-refractivity contribution in [3.8, 4) is 17.2 Å². The van der Waals surface area contributed by atoms with E-state index in [1.54, 1.807) is 24.3 Å². The van der Waals surface area contributed by atoms with E-state index in [0.29, 0.717) is 36.8 Å². The Labute approximate surface area is 348 Å². The third kappa shape index (κ3) is 6.97. The van der Waals surface area contributed by atoms with E-state index in [9.17, 15) is 39.9 Å². The summed E-state index contributed by atoms with van der Waals surface area (Å²) >= 11 is 0. The van der Waals surface area contributed by atoms with E-state index in [0.717, 1.165) is 44.1 Å². The summed E-state index contributed by atoms with van der Waals surface area (Å²) in [5.74, 6) is -1.95. The summed E-state index contributed by atoms with van der Waals surface area (Å²) in [5, 5.41) is 51.3. The minimum absolute atomic E-state index is 0.0239. The van der Waals surface area contributed by atoms with Crippen molar-refractivity contribution in [1.82, 2.24) is 0 Å². The fourth-order valence-electron chi connectivity index (χ4n) is 14.4. The van der Waals surface area contributed by atoms with E-state index >= 15 is 0 Å². The topological polar surface area (TPSA) is 171 Å². The number of rotatable bonds is 10. The van der Waals surface area contributed by atoms with E-state index in [-0.39, 0.29) is 69.7 Å². The predicted molar refractivity (Wildman–Crippen MR) is 224 cm³/mol. The Balaban J connectivity index is 1.24. The van der Waals surface area contributed by atoms with Gasteiger partial charge in [-0.1, -0.05) is 58.0 Å². The van der Waals surface area contributed by atoms with Crippen molar-refractivity contribution < 1.29 is 49.4 Å². The highest BCUT2D eigenvalue weighted by Gasteiger charge is 2.74. The maximum absolute atomic E-state index is 13.7. The molecule has 5 saturated carbocycles. The lowest BCUT2D eigenvalue weighted by Crippen LogP contribution is -2.69. The molecule has 10 heteroatoms. The number of phenols is 3.